The van der Waals surface area contributed by atoms with Crippen LogP contribution in [0.4, 0.5) is 0 Å². The SMILES string of the molecule is CCC(N)CC(=O)NCc1cccc(Cl)c1. The zero-order valence-corrected chi connectivity index (χ0v) is 10.1. The molecule has 1 unspecified atom stereocenters. The normalized spacial score (nSPS) is 12.2. The van der Waals surface area contributed by atoms with Crippen LogP contribution >= 0.6 is 11.6 Å². The maximum atomic E-state index is 11.4. The van der Waals surface area contributed by atoms with E-state index in [1.165, 1.54) is 0 Å². The maximum Gasteiger partial charge on any atom is 0.221 e. The molecule has 3 N–H and O–H groups in total. The van der Waals surface area contributed by atoms with Crippen LogP contribution in [0.25, 0.3) is 0 Å². The van der Waals surface area contributed by atoms with Crippen molar-refractivity contribution in [2.75, 3.05) is 0 Å². The molecule has 1 amide bonds. The van der Waals surface area contributed by atoms with Crippen molar-refractivity contribution in [2.24, 2.45) is 5.73 Å². The first-order valence-electron chi connectivity index (χ1n) is 5.38. The van der Waals surface area contributed by atoms with Crippen molar-refractivity contribution < 1.29 is 4.79 Å². The molecular formula is C12H17ClN2O. The molecular weight excluding hydrogens is 224 g/mol. The number of rotatable bonds is 5. The minimum absolute atomic E-state index is 0.0191. The van der Waals surface area contributed by atoms with Gasteiger partial charge in [0.05, 0.1) is 0 Å². The summed E-state index contributed by atoms with van der Waals surface area (Å²) in [6.45, 7) is 2.46. The first kappa shape index (κ1) is 13.0. The number of benzene rings is 1. The topological polar surface area (TPSA) is 55.1 Å². The van der Waals surface area contributed by atoms with Crippen LogP contribution in [0, 0.1) is 0 Å². The first-order valence-corrected chi connectivity index (χ1v) is 5.76. The minimum Gasteiger partial charge on any atom is -0.352 e. The predicted octanol–water partition coefficient (Wildman–Crippen LogP) is 2.08. The van der Waals surface area contributed by atoms with Crippen LogP contribution in [-0.2, 0) is 11.3 Å². The number of nitrogens with one attached hydrogen (secondary N) is 1. The van der Waals surface area contributed by atoms with Crippen molar-refractivity contribution in [3.63, 3.8) is 0 Å². The van der Waals surface area contributed by atoms with Gasteiger partial charge in [0.2, 0.25) is 5.91 Å². The maximum absolute atomic E-state index is 11.4. The van der Waals surface area contributed by atoms with Crippen molar-refractivity contribution in [2.45, 2.75) is 32.4 Å². The zero-order chi connectivity index (χ0) is 12.0. The Hall–Kier alpha value is -1.06. The van der Waals surface area contributed by atoms with Crippen LogP contribution in [-0.4, -0.2) is 11.9 Å². The summed E-state index contributed by atoms with van der Waals surface area (Å²) < 4.78 is 0. The Labute approximate surface area is 101 Å². The zero-order valence-electron chi connectivity index (χ0n) is 9.37. The van der Waals surface area contributed by atoms with Gasteiger partial charge in [0.25, 0.3) is 0 Å². The summed E-state index contributed by atoms with van der Waals surface area (Å²) in [7, 11) is 0. The summed E-state index contributed by atoms with van der Waals surface area (Å²) in [6, 6.07) is 7.37. The number of halogens is 1. The van der Waals surface area contributed by atoms with Gasteiger partial charge in [0.15, 0.2) is 0 Å². The number of carbonyl (C=O) groups is 1. The fourth-order valence-electron chi connectivity index (χ4n) is 1.30. The molecule has 0 fully saturated rings. The lowest BCUT2D eigenvalue weighted by molar-refractivity contribution is -0.121. The van der Waals surface area contributed by atoms with Gasteiger partial charge in [-0.1, -0.05) is 30.7 Å². The second kappa shape index (κ2) is 6.51. The van der Waals surface area contributed by atoms with Crippen LogP contribution in [0.5, 0.6) is 0 Å². The average molecular weight is 241 g/mol. The van der Waals surface area contributed by atoms with Crippen LogP contribution in [0.3, 0.4) is 0 Å². The highest BCUT2D eigenvalue weighted by Gasteiger charge is 2.06. The molecule has 0 radical (unpaired) electrons. The van der Waals surface area contributed by atoms with Crippen molar-refractivity contribution in [1.29, 1.82) is 0 Å². The van der Waals surface area contributed by atoms with Gasteiger partial charge < -0.3 is 11.1 Å². The Kier molecular flexibility index (Phi) is 5.29. The highest BCUT2D eigenvalue weighted by atomic mass is 35.5. The van der Waals surface area contributed by atoms with Gasteiger partial charge in [-0.3, -0.25) is 4.79 Å². The molecule has 0 spiro atoms. The number of nitrogens with two attached hydrogens (primary N) is 1. The van der Waals surface area contributed by atoms with E-state index in [2.05, 4.69) is 5.32 Å². The minimum atomic E-state index is -0.0561. The Morgan fingerprint density at radius 2 is 2.31 bits per heavy atom. The van der Waals surface area contributed by atoms with Crippen LogP contribution in [0.2, 0.25) is 5.02 Å². The van der Waals surface area contributed by atoms with Gasteiger partial charge in [-0.05, 0) is 24.1 Å². The molecule has 4 heteroatoms. The number of hydrogen-bond donors (Lipinski definition) is 2. The van der Waals surface area contributed by atoms with Gasteiger partial charge in [0.1, 0.15) is 0 Å². The number of hydrogen-bond acceptors (Lipinski definition) is 2. The lowest BCUT2D eigenvalue weighted by Crippen LogP contribution is -2.30. The van der Waals surface area contributed by atoms with Gasteiger partial charge >= 0.3 is 0 Å². The van der Waals surface area contributed by atoms with E-state index in [0.717, 1.165) is 12.0 Å². The van der Waals surface area contributed by atoms with E-state index < -0.39 is 0 Å². The average Bonchev–Trinajstić information content (AvgIpc) is 2.26. The standard InChI is InChI=1S/C12H17ClN2O/c1-2-11(14)7-12(16)15-8-9-4-3-5-10(13)6-9/h3-6,11H,2,7-8,14H2,1H3,(H,15,16). The molecule has 16 heavy (non-hydrogen) atoms. The first-order chi connectivity index (χ1) is 7.61. The molecule has 1 rings (SSSR count). The van der Waals surface area contributed by atoms with Gasteiger partial charge in [-0.25, -0.2) is 0 Å². The molecule has 0 bridgehead atoms. The monoisotopic (exact) mass is 240 g/mol. The quantitative estimate of drug-likeness (QED) is 0.828. The summed E-state index contributed by atoms with van der Waals surface area (Å²) >= 11 is 5.83. The van der Waals surface area contributed by atoms with E-state index in [0.29, 0.717) is 18.0 Å². The molecule has 0 heterocycles. The van der Waals surface area contributed by atoms with E-state index in [9.17, 15) is 4.79 Å². The second-order valence-corrected chi connectivity index (χ2v) is 4.22. The summed E-state index contributed by atoms with van der Waals surface area (Å²) in [5.41, 5.74) is 6.68. The molecule has 0 aromatic heterocycles. The Morgan fingerprint density at radius 1 is 1.56 bits per heavy atom. The number of amides is 1. The molecule has 0 aliphatic rings. The second-order valence-electron chi connectivity index (χ2n) is 3.78. The third kappa shape index (κ3) is 4.64. The van der Waals surface area contributed by atoms with Gasteiger partial charge in [-0.2, -0.15) is 0 Å². The Morgan fingerprint density at radius 3 is 2.94 bits per heavy atom. The third-order valence-corrected chi connectivity index (χ3v) is 2.59. The van der Waals surface area contributed by atoms with E-state index in [-0.39, 0.29) is 11.9 Å². The highest BCUT2D eigenvalue weighted by Crippen LogP contribution is 2.10. The van der Waals surface area contributed by atoms with E-state index in [1.54, 1.807) is 6.07 Å². The summed E-state index contributed by atoms with van der Waals surface area (Å²) in [6.07, 6.45) is 1.18. The molecule has 3 nitrogen and oxygen atoms in total. The van der Waals surface area contributed by atoms with Crippen LogP contribution in [0.1, 0.15) is 25.3 Å². The fourth-order valence-corrected chi connectivity index (χ4v) is 1.52. The van der Waals surface area contributed by atoms with Crippen LogP contribution < -0.4 is 11.1 Å². The van der Waals surface area contributed by atoms with Crippen molar-refractivity contribution in [1.82, 2.24) is 5.32 Å². The number of carbonyl (C=O) groups excluding carboxylic acids is 1. The third-order valence-electron chi connectivity index (χ3n) is 2.35. The van der Waals surface area contributed by atoms with E-state index in [4.69, 9.17) is 17.3 Å². The summed E-state index contributed by atoms with van der Waals surface area (Å²) in [4.78, 5) is 11.4. The largest absolute Gasteiger partial charge is 0.352 e. The smallest absolute Gasteiger partial charge is 0.221 e. The molecule has 0 saturated heterocycles. The molecule has 1 aromatic rings. The fraction of sp³-hybridized carbons (Fsp3) is 0.417. The molecule has 1 aromatic carbocycles. The summed E-state index contributed by atoms with van der Waals surface area (Å²) in [5.74, 6) is -0.0191. The molecule has 0 aliphatic heterocycles. The van der Waals surface area contributed by atoms with Crippen molar-refractivity contribution in [3.05, 3.63) is 34.9 Å². The van der Waals surface area contributed by atoms with Crippen molar-refractivity contribution in [3.8, 4) is 0 Å². The Bertz CT molecular complexity index is 355. The Balaban J connectivity index is 2.37. The highest BCUT2D eigenvalue weighted by molar-refractivity contribution is 6.30. The van der Waals surface area contributed by atoms with E-state index in [1.807, 2.05) is 25.1 Å². The van der Waals surface area contributed by atoms with Gasteiger partial charge in [0, 0.05) is 24.0 Å². The van der Waals surface area contributed by atoms with E-state index >= 15 is 0 Å². The predicted molar refractivity (Wildman–Crippen MR) is 66.2 cm³/mol. The molecule has 1 atom stereocenters. The molecule has 0 saturated carbocycles. The lowest BCUT2D eigenvalue weighted by Gasteiger charge is -2.09. The van der Waals surface area contributed by atoms with Crippen molar-refractivity contribution >= 4 is 17.5 Å². The molecule has 88 valence electrons. The summed E-state index contributed by atoms with van der Waals surface area (Å²) in [5, 5.41) is 3.49. The lowest BCUT2D eigenvalue weighted by atomic mass is 10.1. The molecule has 0 aliphatic carbocycles. The van der Waals surface area contributed by atoms with Crippen LogP contribution in [0.15, 0.2) is 24.3 Å². The van der Waals surface area contributed by atoms with Gasteiger partial charge in [-0.15, -0.1) is 0 Å².